The number of rotatable bonds is 9. The highest BCUT2D eigenvalue weighted by Crippen LogP contribution is 2.23. The predicted octanol–water partition coefficient (Wildman–Crippen LogP) is 3.29. The Bertz CT molecular complexity index is 910. The first-order valence-electron chi connectivity index (χ1n) is 10.6. The number of carboxylic acid groups (broad SMARTS) is 1. The zero-order chi connectivity index (χ0) is 22.2. The average molecular weight is 429 g/mol. The number of hydrogen-bond donors (Lipinski definition) is 2. The molecule has 1 aliphatic rings. The molecule has 31 heavy (non-hydrogen) atoms. The molecule has 6 nitrogen and oxygen atoms in total. The molecule has 1 saturated heterocycles. The number of carbonyl (C=O) groups is 2. The van der Waals surface area contributed by atoms with E-state index in [2.05, 4.69) is 10.2 Å². The number of halogens is 1. The van der Waals surface area contributed by atoms with Crippen LogP contribution in [0.2, 0.25) is 0 Å². The van der Waals surface area contributed by atoms with E-state index >= 15 is 0 Å². The van der Waals surface area contributed by atoms with Gasteiger partial charge in [-0.15, -0.1) is 0 Å². The summed E-state index contributed by atoms with van der Waals surface area (Å²) in [5.41, 5.74) is 3.29. The topological polar surface area (TPSA) is 78.9 Å². The first-order chi connectivity index (χ1) is 14.9. The molecule has 0 aliphatic carbocycles. The van der Waals surface area contributed by atoms with Crippen molar-refractivity contribution < 1.29 is 23.8 Å². The summed E-state index contributed by atoms with van der Waals surface area (Å²) in [5, 5.41) is 12.6. The van der Waals surface area contributed by atoms with Crippen molar-refractivity contribution in [2.45, 2.75) is 38.1 Å². The van der Waals surface area contributed by atoms with Crippen LogP contribution < -0.4 is 5.32 Å². The Balaban J connectivity index is 1.57. The molecule has 7 heteroatoms. The van der Waals surface area contributed by atoms with Crippen LogP contribution in [-0.2, 0) is 33.6 Å². The maximum absolute atomic E-state index is 13.3. The minimum atomic E-state index is -0.890. The molecule has 0 atom stereocenters. The quantitative estimate of drug-likeness (QED) is 0.597. The van der Waals surface area contributed by atoms with E-state index in [4.69, 9.17) is 9.84 Å². The maximum atomic E-state index is 13.3. The Morgan fingerprint density at radius 2 is 1.90 bits per heavy atom. The van der Waals surface area contributed by atoms with E-state index < -0.39 is 5.97 Å². The number of likely N-dealkylation sites (tertiary alicyclic amines) is 1. The number of aliphatic carboxylic acids is 1. The second-order valence-electron chi connectivity index (χ2n) is 7.96. The van der Waals surface area contributed by atoms with Gasteiger partial charge in [-0.1, -0.05) is 24.3 Å². The van der Waals surface area contributed by atoms with Crippen LogP contribution in [0.1, 0.15) is 29.5 Å². The number of benzene rings is 2. The molecule has 0 spiro atoms. The zero-order valence-electron chi connectivity index (χ0n) is 17.8. The number of hydrogen-bond acceptors (Lipinski definition) is 5. The lowest BCUT2D eigenvalue weighted by Gasteiger charge is -2.33. The van der Waals surface area contributed by atoms with E-state index in [1.807, 2.05) is 12.1 Å². The summed E-state index contributed by atoms with van der Waals surface area (Å²) in [5.74, 6) is -1.42. The average Bonchev–Trinajstić information content (AvgIpc) is 2.74. The SMILES string of the molecule is COC(=O)Cc1ccc(CC(=O)O)cc1NC1CCN(CCc2cccc(F)c2)CC1. The van der Waals surface area contributed by atoms with Crippen LogP contribution in [0.25, 0.3) is 0 Å². The Hall–Kier alpha value is -2.93. The van der Waals surface area contributed by atoms with Gasteiger partial charge in [-0.05, 0) is 54.2 Å². The van der Waals surface area contributed by atoms with Gasteiger partial charge >= 0.3 is 11.9 Å². The van der Waals surface area contributed by atoms with E-state index in [1.54, 1.807) is 24.3 Å². The fraction of sp³-hybridized carbons (Fsp3) is 0.417. The van der Waals surface area contributed by atoms with Crippen molar-refractivity contribution in [1.29, 1.82) is 0 Å². The lowest BCUT2D eigenvalue weighted by atomic mass is 10.0. The predicted molar refractivity (Wildman–Crippen MR) is 117 cm³/mol. The standard InChI is InChI=1S/C24H29FN2O4/c1-31-24(30)16-19-6-5-18(15-23(28)29)14-22(19)26-21-8-11-27(12-9-21)10-7-17-3-2-4-20(25)13-17/h2-6,13-14,21,26H,7-12,15-16H2,1H3,(H,28,29). The van der Waals surface area contributed by atoms with Crippen molar-refractivity contribution in [2.24, 2.45) is 0 Å². The highest BCUT2D eigenvalue weighted by molar-refractivity contribution is 5.76. The smallest absolute Gasteiger partial charge is 0.310 e. The first-order valence-corrected chi connectivity index (χ1v) is 10.6. The third kappa shape index (κ3) is 7.07. The second-order valence-corrected chi connectivity index (χ2v) is 7.96. The lowest BCUT2D eigenvalue weighted by molar-refractivity contribution is -0.140. The molecule has 2 aromatic carbocycles. The van der Waals surface area contributed by atoms with Crippen LogP contribution in [0.3, 0.4) is 0 Å². The largest absolute Gasteiger partial charge is 0.481 e. The lowest BCUT2D eigenvalue weighted by Crippen LogP contribution is -2.40. The highest BCUT2D eigenvalue weighted by Gasteiger charge is 2.20. The molecule has 0 unspecified atom stereocenters. The summed E-state index contributed by atoms with van der Waals surface area (Å²) in [7, 11) is 1.35. The number of nitrogens with one attached hydrogen (secondary N) is 1. The molecule has 0 amide bonds. The van der Waals surface area contributed by atoms with Crippen LogP contribution in [0, 0.1) is 5.82 Å². The van der Waals surface area contributed by atoms with Crippen molar-refractivity contribution in [2.75, 3.05) is 32.1 Å². The summed E-state index contributed by atoms with van der Waals surface area (Å²) in [6.45, 7) is 2.74. The van der Waals surface area contributed by atoms with Gasteiger partial charge in [0.25, 0.3) is 0 Å². The second kappa shape index (κ2) is 10.9. The van der Waals surface area contributed by atoms with Crippen molar-refractivity contribution in [3.8, 4) is 0 Å². The number of ether oxygens (including phenoxy) is 1. The fourth-order valence-corrected chi connectivity index (χ4v) is 3.92. The molecule has 1 fully saturated rings. The molecule has 3 rings (SSSR count). The van der Waals surface area contributed by atoms with Gasteiger partial charge in [-0.25, -0.2) is 4.39 Å². The molecule has 166 valence electrons. The molecule has 2 N–H and O–H groups in total. The molecule has 2 aromatic rings. The monoisotopic (exact) mass is 428 g/mol. The number of anilines is 1. The summed E-state index contributed by atoms with van der Waals surface area (Å²) in [4.78, 5) is 25.2. The van der Waals surface area contributed by atoms with Crippen LogP contribution in [0.4, 0.5) is 10.1 Å². The van der Waals surface area contributed by atoms with E-state index in [1.165, 1.54) is 13.2 Å². The summed E-state index contributed by atoms with van der Waals surface area (Å²) >= 11 is 0. The third-order valence-electron chi connectivity index (χ3n) is 5.65. The van der Waals surface area contributed by atoms with Crippen molar-refractivity contribution >= 4 is 17.6 Å². The normalized spacial score (nSPS) is 14.9. The van der Waals surface area contributed by atoms with Crippen LogP contribution >= 0.6 is 0 Å². The first kappa shape index (κ1) is 22.7. The molecular formula is C24H29FN2O4. The molecule has 0 aromatic heterocycles. The Labute approximate surface area is 182 Å². The van der Waals surface area contributed by atoms with Gasteiger partial charge in [0.15, 0.2) is 0 Å². The highest BCUT2D eigenvalue weighted by atomic mass is 19.1. The van der Waals surface area contributed by atoms with Crippen molar-refractivity contribution in [3.63, 3.8) is 0 Å². The third-order valence-corrected chi connectivity index (χ3v) is 5.65. The van der Waals surface area contributed by atoms with Gasteiger partial charge in [0.05, 0.1) is 20.0 Å². The van der Waals surface area contributed by atoms with Gasteiger partial charge in [0, 0.05) is 31.4 Å². The van der Waals surface area contributed by atoms with Crippen molar-refractivity contribution in [3.05, 3.63) is 65.0 Å². The van der Waals surface area contributed by atoms with Crippen molar-refractivity contribution in [1.82, 2.24) is 4.90 Å². The number of carboxylic acids is 1. The number of nitrogens with zero attached hydrogens (tertiary/aromatic N) is 1. The molecule has 0 bridgehead atoms. The van der Waals surface area contributed by atoms with Gasteiger partial charge < -0.3 is 20.1 Å². The van der Waals surface area contributed by atoms with E-state index in [0.717, 1.165) is 55.7 Å². The number of methoxy groups -OCH3 is 1. The fourth-order valence-electron chi connectivity index (χ4n) is 3.92. The molecule has 1 heterocycles. The van der Waals surface area contributed by atoms with Gasteiger partial charge in [0.2, 0.25) is 0 Å². The Morgan fingerprint density at radius 3 is 2.58 bits per heavy atom. The van der Waals surface area contributed by atoms with E-state index in [-0.39, 0.29) is 30.7 Å². The van der Waals surface area contributed by atoms with Gasteiger partial charge in [0.1, 0.15) is 5.82 Å². The molecular weight excluding hydrogens is 399 g/mol. The number of piperidine rings is 1. The number of esters is 1. The summed E-state index contributed by atoms with van der Waals surface area (Å²) in [6.07, 6.45) is 2.76. The van der Waals surface area contributed by atoms with E-state index in [9.17, 15) is 14.0 Å². The minimum absolute atomic E-state index is 0.0638. The Morgan fingerprint density at radius 1 is 1.13 bits per heavy atom. The molecule has 1 aliphatic heterocycles. The van der Waals surface area contributed by atoms with Crippen LogP contribution in [0.5, 0.6) is 0 Å². The van der Waals surface area contributed by atoms with E-state index in [0.29, 0.717) is 5.56 Å². The molecule has 0 saturated carbocycles. The van der Waals surface area contributed by atoms with Crippen LogP contribution in [0.15, 0.2) is 42.5 Å². The van der Waals surface area contributed by atoms with Gasteiger partial charge in [-0.3, -0.25) is 9.59 Å². The molecule has 0 radical (unpaired) electrons. The minimum Gasteiger partial charge on any atom is -0.481 e. The summed E-state index contributed by atoms with van der Waals surface area (Å²) in [6, 6.07) is 12.3. The van der Waals surface area contributed by atoms with Gasteiger partial charge in [-0.2, -0.15) is 0 Å². The number of carbonyl (C=O) groups excluding carboxylic acids is 1. The van der Waals surface area contributed by atoms with Crippen LogP contribution in [-0.4, -0.2) is 54.7 Å². The zero-order valence-corrected chi connectivity index (χ0v) is 17.8. The summed E-state index contributed by atoms with van der Waals surface area (Å²) < 4.78 is 18.1. The maximum Gasteiger partial charge on any atom is 0.310 e. The Kier molecular flexibility index (Phi) is 8.00.